The Morgan fingerprint density at radius 3 is 2.88 bits per heavy atom. The molecule has 0 heterocycles. The van der Waals surface area contributed by atoms with Crippen LogP contribution in [-0.4, -0.2) is 19.7 Å². The minimum atomic E-state index is 0.687. The zero-order chi connectivity index (χ0) is 11.8. The topological polar surface area (TPSA) is 21.3 Å². The molecule has 0 unspecified atom stereocenters. The minimum absolute atomic E-state index is 0.687. The molecule has 0 aliphatic rings. The average molecular weight is 242 g/mol. The summed E-state index contributed by atoms with van der Waals surface area (Å²) < 4.78 is 5.63. The van der Waals surface area contributed by atoms with Crippen molar-refractivity contribution in [3.8, 4) is 5.75 Å². The number of aryl methyl sites for hydroxylation is 1. The van der Waals surface area contributed by atoms with Crippen molar-refractivity contribution in [2.75, 3.05) is 19.7 Å². The van der Waals surface area contributed by atoms with Gasteiger partial charge >= 0.3 is 0 Å². The van der Waals surface area contributed by atoms with Crippen LogP contribution in [0, 0.1) is 6.92 Å². The minimum Gasteiger partial charge on any atom is -0.492 e. The van der Waals surface area contributed by atoms with Crippen LogP contribution in [-0.2, 0) is 0 Å². The van der Waals surface area contributed by atoms with E-state index in [2.05, 4.69) is 12.2 Å². The molecule has 0 fully saturated rings. The molecule has 3 heteroatoms. The number of halogens is 1. The third-order valence-electron chi connectivity index (χ3n) is 2.27. The van der Waals surface area contributed by atoms with Crippen molar-refractivity contribution in [3.63, 3.8) is 0 Å². The molecule has 0 bridgehead atoms. The number of hydrogen-bond acceptors (Lipinski definition) is 2. The van der Waals surface area contributed by atoms with Gasteiger partial charge in [0, 0.05) is 0 Å². The number of nitrogens with one attached hydrogen (secondary N) is 1. The number of rotatable bonds is 7. The average Bonchev–Trinajstić information content (AvgIpc) is 2.28. The van der Waals surface area contributed by atoms with Crippen LogP contribution in [0.15, 0.2) is 18.2 Å². The third kappa shape index (κ3) is 4.86. The van der Waals surface area contributed by atoms with Gasteiger partial charge in [-0.05, 0) is 50.6 Å². The zero-order valence-electron chi connectivity index (χ0n) is 10.1. The first-order chi connectivity index (χ1) is 7.74. The Hall–Kier alpha value is -0.730. The van der Waals surface area contributed by atoms with E-state index in [0.717, 1.165) is 25.3 Å². The Bertz CT molecular complexity index is 315. The first kappa shape index (κ1) is 13.3. The van der Waals surface area contributed by atoms with Gasteiger partial charge in [-0.3, -0.25) is 0 Å². The molecule has 16 heavy (non-hydrogen) atoms. The molecule has 1 rings (SSSR count). The fraction of sp³-hybridized carbons (Fsp3) is 0.538. The SMILES string of the molecule is CCCNCCCOc1cc(C)ccc1Cl. The van der Waals surface area contributed by atoms with Gasteiger partial charge in [0.1, 0.15) is 5.75 Å². The first-order valence-electron chi connectivity index (χ1n) is 5.83. The molecule has 0 saturated heterocycles. The summed E-state index contributed by atoms with van der Waals surface area (Å²) in [6.07, 6.45) is 2.18. The van der Waals surface area contributed by atoms with Crippen molar-refractivity contribution in [1.29, 1.82) is 0 Å². The highest BCUT2D eigenvalue weighted by molar-refractivity contribution is 6.32. The van der Waals surface area contributed by atoms with Crippen LogP contribution in [0.5, 0.6) is 5.75 Å². The van der Waals surface area contributed by atoms with E-state index in [0.29, 0.717) is 11.6 Å². The summed E-state index contributed by atoms with van der Waals surface area (Å²) in [5.41, 5.74) is 1.17. The van der Waals surface area contributed by atoms with Crippen LogP contribution in [0.4, 0.5) is 0 Å². The second-order valence-corrected chi connectivity index (χ2v) is 4.29. The molecule has 1 aromatic rings. The standard InChI is InChI=1S/C13H20ClNO/c1-3-7-15-8-4-9-16-13-10-11(2)5-6-12(13)14/h5-6,10,15H,3-4,7-9H2,1-2H3. The Morgan fingerprint density at radius 1 is 1.31 bits per heavy atom. The van der Waals surface area contributed by atoms with Crippen LogP contribution in [0.25, 0.3) is 0 Å². The van der Waals surface area contributed by atoms with E-state index in [9.17, 15) is 0 Å². The number of benzene rings is 1. The molecular formula is C13H20ClNO. The Balaban J connectivity index is 2.23. The first-order valence-corrected chi connectivity index (χ1v) is 6.21. The molecular weight excluding hydrogens is 222 g/mol. The molecule has 0 aromatic heterocycles. The predicted molar refractivity (Wildman–Crippen MR) is 69.5 cm³/mol. The molecule has 1 N–H and O–H groups in total. The summed E-state index contributed by atoms with van der Waals surface area (Å²) in [6, 6.07) is 5.83. The van der Waals surface area contributed by atoms with Crippen molar-refractivity contribution >= 4 is 11.6 Å². The van der Waals surface area contributed by atoms with Gasteiger partial charge in [-0.2, -0.15) is 0 Å². The summed E-state index contributed by atoms with van der Waals surface area (Å²) in [5.74, 6) is 0.789. The van der Waals surface area contributed by atoms with Gasteiger partial charge in [-0.1, -0.05) is 24.6 Å². The lowest BCUT2D eigenvalue weighted by molar-refractivity contribution is 0.308. The highest BCUT2D eigenvalue weighted by Gasteiger charge is 2.00. The lowest BCUT2D eigenvalue weighted by Crippen LogP contribution is -2.18. The second-order valence-electron chi connectivity index (χ2n) is 3.89. The van der Waals surface area contributed by atoms with E-state index in [1.165, 1.54) is 12.0 Å². The Kier molecular flexibility index (Phi) is 6.27. The smallest absolute Gasteiger partial charge is 0.138 e. The highest BCUT2D eigenvalue weighted by Crippen LogP contribution is 2.25. The molecule has 0 radical (unpaired) electrons. The van der Waals surface area contributed by atoms with Gasteiger partial charge in [0.05, 0.1) is 11.6 Å². The summed E-state index contributed by atoms with van der Waals surface area (Å²) in [6.45, 7) is 6.98. The predicted octanol–water partition coefficient (Wildman–Crippen LogP) is 3.42. The van der Waals surface area contributed by atoms with Crippen molar-refractivity contribution in [1.82, 2.24) is 5.32 Å². The molecule has 2 nitrogen and oxygen atoms in total. The van der Waals surface area contributed by atoms with Gasteiger partial charge in [0.2, 0.25) is 0 Å². The largest absolute Gasteiger partial charge is 0.492 e. The molecule has 0 spiro atoms. The molecule has 1 aromatic carbocycles. The zero-order valence-corrected chi connectivity index (χ0v) is 10.8. The van der Waals surface area contributed by atoms with Gasteiger partial charge in [-0.15, -0.1) is 0 Å². The maximum Gasteiger partial charge on any atom is 0.138 e. The maximum atomic E-state index is 6.02. The quantitative estimate of drug-likeness (QED) is 0.739. The summed E-state index contributed by atoms with van der Waals surface area (Å²) >= 11 is 6.02. The third-order valence-corrected chi connectivity index (χ3v) is 2.58. The normalized spacial score (nSPS) is 10.4. The van der Waals surface area contributed by atoms with Crippen molar-refractivity contribution in [2.24, 2.45) is 0 Å². The van der Waals surface area contributed by atoms with Gasteiger partial charge < -0.3 is 10.1 Å². The van der Waals surface area contributed by atoms with Gasteiger partial charge in [0.25, 0.3) is 0 Å². The van der Waals surface area contributed by atoms with Crippen LogP contribution in [0.2, 0.25) is 5.02 Å². The van der Waals surface area contributed by atoms with E-state index in [1.54, 1.807) is 0 Å². The fourth-order valence-corrected chi connectivity index (χ4v) is 1.57. The lowest BCUT2D eigenvalue weighted by Gasteiger charge is -2.09. The summed E-state index contributed by atoms with van der Waals surface area (Å²) in [4.78, 5) is 0. The van der Waals surface area contributed by atoms with E-state index in [-0.39, 0.29) is 0 Å². The lowest BCUT2D eigenvalue weighted by atomic mass is 10.2. The molecule has 0 amide bonds. The highest BCUT2D eigenvalue weighted by atomic mass is 35.5. The van der Waals surface area contributed by atoms with Gasteiger partial charge in [0.15, 0.2) is 0 Å². The van der Waals surface area contributed by atoms with E-state index in [4.69, 9.17) is 16.3 Å². The molecule has 0 aliphatic carbocycles. The maximum absolute atomic E-state index is 6.02. The Labute approximate surface area is 103 Å². The van der Waals surface area contributed by atoms with Crippen molar-refractivity contribution in [3.05, 3.63) is 28.8 Å². The van der Waals surface area contributed by atoms with Crippen LogP contribution in [0.3, 0.4) is 0 Å². The second kappa shape index (κ2) is 7.53. The van der Waals surface area contributed by atoms with Gasteiger partial charge in [-0.25, -0.2) is 0 Å². The number of ether oxygens (including phenoxy) is 1. The monoisotopic (exact) mass is 241 g/mol. The number of hydrogen-bond donors (Lipinski definition) is 1. The molecule has 0 saturated carbocycles. The van der Waals surface area contributed by atoms with Crippen LogP contribution >= 0.6 is 11.6 Å². The van der Waals surface area contributed by atoms with Crippen LogP contribution < -0.4 is 10.1 Å². The Morgan fingerprint density at radius 2 is 2.12 bits per heavy atom. The summed E-state index contributed by atoms with van der Waals surface area (Å²) in [7, 11) is 0. The van der Waals surface area contributed by atoms with Crippen LogP contribution in [0.1, 0.15) is 25.3 Å². The van der Waals surface area contributed by atoms with E-state index >= 15 is 0 Å². The summed E-state index contributed by atoms with van der Waals surface area (Å²) in [5, 5.41) is 4.02. The van der Waals surface area contributed by atoms with Crippen molar-refractivity contribution in [2.45, 2.75) is 26.7 Å². The van der Waals surface area contributed by atoms with Crippen molar-refractivity contribution < 1.29 is 4.74 Å². The molecule has 0 atom stereocenters. The van der Waals surface area contributed by atoms with E-state index < -0.39 is 0 Å². The van der Waals surface area contributed by atoms with E-state index in [1.807, 2.05) is 25.1 Å². The molecule has 90 valence electrons. The fourth-order valence-electron chi connectivity index (χ4n) is 1.40. The molecule has 0 aliphatic heterocycles.